The van der Waals surface area contributed by atoms with E-state index in [0.29, 0.717) is 12.1 Å². The Balaban J connectivity index is 1.85. The van der Waals surface area contributed by atoms with E-state index in [0.717, 1.165) is 31.1 Å². The van der Waals surface area contributed by atoms with Gasteiger partial charge < -0.3 is 19.5 Å². The lowest BCUT2D eigenvalue weighted by atomic mass is 10.1. The fourth-order valence-corrected chi connectivity index (χ4v) is 2.57. The maximum atomic E-state index is 5.62. The van der Waals surface area contributed by atoms with Gasteiger partial charge in [-0.25, -0.2) is 0 Å². The fraction of sp³-hybridized carbons (Fsp3) is 0.625. The molecular formula is C16H25NO3. The zero-order valence-electron chi connectivity index (χ0n) is 12.6. The highest BCUT2D eigenvalue weighted by atomic mass is 16.5. The van der Waals surface area contributed by atoms with Crippen molar-refractivity contribution in [2.24, 2.45) is 0 Å². The summed E-state index contributed by atoms with van der Waals surface area (Å²) in [7, 11) is 3.32. The predicted octanol–water partition coefficient (Wildman–Crippen LogP) is 2.40. The molecule has 112 valence electrons. The van der Waals surface area contributed by atoms with Gasteiger partial charge in [0.05, 0.1) is 20.3 Å². The molecule has 2 atom stereocenters. The summed E-state index contributed by atoms with van der Waals surface area (Å²) in [5.74, 6) is 1.56. The van der Waals surface area contributed by atoms with Gasteiger partial charge in [-0.2, -0.15) is 0 Å². The first-order chi connectivity index (χ1) is 9.72. The fourth-order valence-electron chi connectivity index (χ4n) is 2.57. The molecule has 1 aromatic carbocycles. The standard InChI is InChI=1S/C16H25NO3/c1-12(17-11-14-5-4-8-20-14)9-13-6-7-15(18-2)16(10-13)19-3/h6-7,10,12,14,17H,4-5,8-9,11H2,1-3H3/t12-,14-/m0/s1. The van der Waals surface area contributed by atoms with Gasteiger partial charge in [-0.15, -0.1) is 0 Å². The van der Waals surface area contributed by atoms with Gasteiger partial charge in [0, 0.05) is 19.2 Å². The Morgan fingerprint density at radius 1 is 1.30 bits per heavy atom. The van der Waals surface area contributed by atoms with Crippen molar-refractivity contribution in [1.29, 1.82) is 0 Å². The molecular weight excluding hydrogens is 254 g/mol. The lowest BCUT2D eigenvalue weighted by Gasteiger charge is -2.17. The van der Waals surface area contributed by atoms with Crippen LogP contribution in [0.4, 0.5) is 0 Å². The van der Waals surface area contributed by atoms with Crippen LogP contribution < -0.4 is 14.8 Å². The summed E-state index contributed by atoms with van der Waals surface area (Å²) in [4.78, 5) is 0. The molecule has 0 aromatic heterocycles. The summed E-state index contributed by atoms with van der Waals surface area (Å²) in [6.45, 7) is 4.05. The molecule has 1 fully saturated rings. The van der Waals surface area contributed by atoms with Crippen LogP contribution in [0.25, 0.3) is 0 Å². The Morgan fingerprint density at radius 3 is 2.75 bits per heavy atom. The zero-order valence-corrected chi connectivity index (χ0v) is 12.6. The van der Waals surface area contributed by atoms with Crippen LogP contribution in [0.15, 0.2) is 18.2 Å². The molecule has 4 nitrogen and oxygen atoms in total. The number of hydrogen-bond donors (Lipinski definition) is 1. The van der Waals surface area contributed by atoms with E-state index in [1.165, 1.54) is 18.4 Å². The summed E-state index contributed by atoms with van der Waals surface area (Å²) < 4.78 is 16.2. The molecule has 0 spiro atoms. The molecule has 0 radical (unpaired) electrons. The van der Waals surface area contributed by atoms with Crippen LogP contribution >= 0.6 is 0 Å². The van der Waals surface area contributed by atoms with Gasteiger partial charge in [0.2, 0.25) is 0 Å². The van der Waals surface area contributed by atoms with Crippen LogP contribution in [0.2, 0.25) is 0 Å². The first-order valence-electron chi connectivity index (χ1n) is 7.29. The van der Waals surface area contributed by atoms with Gasteiger partial charge in [0.1, 0.15) is 0 Å². The third-order valence-corrected chi connectivity index (χ3v) is 3.71. The Labute approximate surface area is 121 Å². The Bertz CT molecular complexity index is 416. The Kier molecular flexibility index (Phi) is 5.68. The predicted molar refractivity (Wildman–Crippen MR) is 79.7 cm³/mol. The highest BCUT2D eigenvalue weighted by Crippen LogP contribution is 2.27. The minimum atomic E-state index is 0.392. The van der Waals surface area contributed by atoms with E-state index < -0.39 is 0 Å². The lowest BCUT2D eigenvalue weighted by Crippen LogP contribution is -2.34. The monoisotopic (exact) mass is 279 g/mol. The van der Waals surface area contributed by atoms with Gasteiger partial charge in [-0.3, -0.25) is 0 Å². The number of nitrogens with one attached hydrogen (secondary N) is 1. The third kappa shape index (κ3) is 4.12. The van der Waals surface area contributed by atoms with E-state index in [4.69, 9.17) is 14.2 Å². The maximum Gasteiger partial charge on any atom is 0.160 e. The molecule has 4 heteroatoms. The Morgan fingerprint density at radius 2 is 2.10 bits per heavy atom. The average Bonchev–Trinajstić information content (AvgIpc) is 2.98. The van der Waals surface area contributed by atoms with Crippen LogP contribution in [-0.4, -0.2) is 39.5 Å². The SMILES string of the molecule is COc1ccc(C[C@H](C)NC[C@@H]2CCCO2)cc1OC. The molecule has 0 bridgehead atoms. The van der Waals surface area contributed by atoms with Crippen molar-refractivity contribution in [1.82, 2.24) is 5.32 Å². The van der Waals surface area contributed by atoms with E-state index in [-0.39, 0.29) is 0 Å². The maximum absolute atomic E-state index is 5.62. The van der Waals surface area contributed by atoms with Crippen LogP contribution in [0.1, 0.15) is 25.3 Å². The largest absolute Gasteiger partial charge is 0.493 e. The quantitative estimate of drug-likeness (QED) is 0.832. The Hall–Kier alpha value is -1.26. The summed E-state index contributed by atoms with van der Waals surface area (Å²) in [6, 6.07) is 6.51. The van der Waals surface area contributed by atoms with E-state index in [1.807, 2.05) is 12.1 Å². The molecule has 20 heavy (non-hydrogen) atoms. The molecule has 1 aromatic rings. The van der Waals surface area contributed by atoms with E-state index >= 15 is 0 Å². The molecule has 0 amide bonds. The van der Waals surface area contributed by atoms with Gasteiger partial charge >= 0.3 is 0 Å². The second-order valence-electron chi connectivity index (χ2n) is 5.34. The lowest BCUT2D eigenvalue weighted by molar-refractivity contribution is 0.108. The molecule has 1 saturated heterocycles. The van der Waals surface area contributed by atoms with Gasteiger partial charge in [-0.1, -0.05) is 6.07 Å². The number of benzene rings is 1. The molecule has 2 rings (SSSR count). The minimum absolute atomic E-state index is 0.392. The highest BCUT2D eigenvalue weighted by Gasteiger charge is 2.16. The number of ether oxygens (including phenoxy) is 3. The summed E-state index contributed by atoms with van der Waals surface area (Å²) >= 11 is 0. The van der Waals surface area contributed by atoms with Crippen LogP contribution in [-0.2, 0) is 11.2 Å². The molecule has 1 aliphatic heterocycles. The molecule has 0 unspecified atom stereocenters. The first kappa shape index (κ1) is 15.1. The van der Waals surface area contributed by atoms with Crippen molar-refractivity contribution >= 4 is 0 Å². The van der Waals surface area contributed by atoms with Gasteiger partial charge in [0.15, 0.2) is 11.5 Å². The highest BCUT2D eigenvalue weighted by molar-refractivity contribution is 5.43. The van der Waals surface area contributed by atoms with Crippen molar-refractivity contribution < 1.29 is 14.2 Å². The van der Waals surface area contributed by atoms with Crippen LogP contribution in [0.3, 0.4) is 0 Å². The van der Waals surface area contributed by atoms with Crippen molar-refractivity contribution in [3.8, 4) is 11.5 Å². The van der Waals surface area contributed by atoms with E-state index in [2.05, 4.69) is 18.3 Å². The summed E-state index contributed by atoms with van der Waals surface area (Å²) in [5.41, 5.74) is 1.25. The van der Waals surface area contributed by atoms with E-state index in [9.17, 15) is 0 Å². The number of hydrogen-bond acceptors (Lipinski definition) is 4. The third-order valence-electron chi connectivity index (χ3n) is 3.71. The van der Waals surface area contributed by atoms with Crippen molar-refractivity contribution in [2.75, 3.05) is 27.4 Å². The number of methoxy groups -OCH3 is 2. The zero-order chi connectivity index (χ0) is 14.4. The molecule has 1 aliphatic rings. The topological polar surface area (TPSA) is 39.7 Å². The second kappa shape index (κ2) is 7.50. The normalized spacial score (nSPS) is 19.9. The first-order valence-corrected chi connectivity index (χ1v) is 7.29. The summed E-state index contributed by atoms with van der Waals surface area (Å²) in [6.07, 6.45) is 3.72. The van der Waals surface area contributed by atoms with Gasteiger partial charge in [-0.05, 0) is 43.9 Å². The number of rotatable bonds is 7. The molecule has 0 aliphatic carbocycles. The van der Waals surface area contributed by atoms with Crippen LogP contribution in [0.5, 0.6) is 11.5 Å². The van der Waals surface area contributed by atoms with Crippen LogP contribution in [0, 0.1) is 0 Å². The molecule has 1 heterocycles. The van der Waals surface area contributed by atoms with Crippen molar-refractivity contribution in [3.05, 3.63) is 23.8 Å². The van der Waals surface area contributed by atoms with Crippen molar-refractivity contribution in [2.45, 2.75) is 38.3 Å². The molecule has 1 N–H and O–H groups in total. The average molecular weight is 279 g/mol. The minimum Gasteiger partial charge on any atom is -0.493 e. The second-order valence-corrected chi connectivity index (χ2v) is 5.34. The smallest absolute Gasteiger partial charge is 0.160 e. The molecule has 0 saturated carbocycles. The van der Waals surface area contributed by atoms with Crippen molar-refractivity contribution in [3.63, 3.8) is 0 Å². The van der Waals surface area contributed by atoms with E-state index in [1.54, 1.807) is 14.2 Å². The van der Waals surface area contributed by atoms with Gasteiger partial charge in [0.25, 0.3) is 0 Å². The summed E-state index contributed by atoms with van der Waals surface area (Å²) in [5, 5.41) is 3.54.